The van der Waals surface area contributed by atoms with Gasteiger partial charge in [-0.25, -0.2) is 0 Å². The predicted molar refractivity (Wildman–Crippen MR) is 79.1 cm³/mol. The lowest BCUT2D eigenvalue weighted by Crippen LogP contribution is -2.03. The summed E-state index contributed by atoms with van der Waals surface area (Å²) >= 11 is 0. The monoisotopic (exact) mass is 250 g/mol. The van der Waals surface area contributed by atoms with Crippen molar-refractivity contribution >= 4 is 5.69 Å². The van der Waals surface area contributed by atoms with E-state index in [2.05, 4.69) is 43.4 Å². The number of rotatable bonds is 3. The Hall–Kier alpha value is -2.27. The van der Waals surface area contributed by atoms with Crippen molar-refractivity contribution in [3.8, 4) is 6.07 Å². The van der Waals surface area contributed by atoms with Crippen LogP contribution in [0.25, 0.3) is 0 Å². The molecular weight excluding hydrogens is 232 g/mol. The second kappa shape index (κ2) is 5.58. The van der Waals surface area contributed by atoms with E-state index in [9.17, 15) is 0 Å². The fourth-order valence-corrected chi connectivity index (χ4v) is 2.12. The summed E-state index contributed by atoms with van der Waals surface area (Å²) in [5.41, 5.74) is 6.73. The van der Waals surface area contributed by atoms with Crippen LogP contribution in [-0.4, -0.2) is 0 Å². The highest BCUT2D eigenvalue weighted by molar-refractivity contribution is 5.55. The molecule has 2 heteroatoms. The van der Waals surface area contributed by atoms with Crippen molar-refractivity contribution in [2.45, 2.75) is 27.3 Å². The Bertz CT molecular complexity index is 636. The van der Waals surface area contributed by atoms with Crippen molar-refractivity contribution in [2.24, 2.45) is 0 Å². The molecule has 0 saturated carbocycles. The van der Waals surface area contributed by atoms with Gasteiger partial charge in [0, 0.05) is 12.2 Å². The normalized spacial score (nSPS) is 10.0. The van der Waals surface area contributed by atoms with Gasteiger partial charge in [0.25, 0.3) is 0 Å². The average molecular weight is 250 g/mol. The predicted octanol–water partition coefficient (Wildman–Crippen LogP) is 4.10. The molecule has 2 rings (SSSR count). The molecule has 0 heterocycles. The van der Waals surface area contributed by atoms with Gasteiger partial charge in [-0.05, 0) is 49.6 Å². The Kier molecular flexibility index (Phi) is 3.87. The van der Waals surface area contributed by atoms with Gasteiger partial charge in [0.2, 0.25) is 0 Å². The molecule has 0 aliphatic rings. The summed E-state index contributed by atoms with van der Waals surface area (Å²) in [6.07, 6.45) is 0. The summed E-state index contributed by atoms with van der Waals surface area (Å²) in [6.45, 7) is 7.06. The summed E-state index contributed by atoms with van der Waals surface area (Å²) in [6, 6.07) is 14.4. The Morgan fingerprint density at radius 2 is 1.79 bits per heavy atom. The van der Waals surface area contributed by atoms with E-state index in [0.717, 1.165) is 17.8 Å². The Morgan fingerprint density at radius 1 is 1.00 bits per heavy atom. The lowest BCUT2D eigenvalue weighted by molar-refractivity contribution is 1.11. The van der Waals surface area contributed by atoms with Gasteiger partial charge in [0.1, 0.15) is 0 Å². The Balaban J connectivity index is 2.16. The third-order valence-corrected chi connectivity index (χ3v) is 3.33. The maximum atomic E-state index is 8.94. The number of nitriles is 1. The molecule has 0 aromatic heterocycles. The molecule has 1 N–H and O–H groups in total. The molecule has 19 heavy (non-hydrogen) atoms. The highest BCUT2D eigenvalue weighted by Gasteiger charge is 2.02. The number of hydrogen-bond donors (Lipinski definition) is 1. The second-order valence-electron chi connectivity index (χ2n) is 4.92. The minimum absolute atomic E-state index is 0.689. The van der Waals surface area contributed by atoms with Crippen molar-refractivity contribution in [2.75, 3.05) is 5.32 Å². The van der Waals surface area contributed by atoms with E-state index in [1.54, 1.807) is 0 Å². The van der Waals surface area contributed by atoms with Crippen molar-refractivity contribution in [1.29, 1.82) is 5.26 Å². The van der Waals surface area contributed by atoms with E-state index in [1.807, 2.05) is 25.1 Å². The van der Waals surface area contributed by atoms with Gasteiger partial charge in [0.15, 0.2) is 0 Å². The Morgan fingerprint density at radius 3 is 2.47 bits per heavy atom. The molecule has 2 nitrogen and oxygen atoms in total. The van der Waals surface area contributed by atoms with Crippen LogP contribution in [0, 0.1) is 32.1 Å². The van der Waals surface area contributed by atoms with Crippen molar-refractivity contribution < 1.29 is 0 Å². The lowest BCUT2D eigenvalue weighted by atomic mass is 10.1. The van der Waals surface area contributed by atoms with Crippen molar-refractivity contribution in [1.82, 2.24) is 0 Å². The zero-order valence-corrected chi connectivity index (χ0v) is 11.6. The number of aryl methyl sites for hydroxylation is 3. The molecule has 0 atom stereocenters. The van der Waals surface area contributed by atoms with Crippen LogP contribution in [0.2, 0.25) is 0 Å². The molecule has 0 saturated heterocycles. The second-order valence-corrected chi connectivity index (χ2v) is 4.92. The summed E-state index contributed by atoms with van der Waals surface area (Å²) in [5, 5.41) is 12.3. The van der Waals surface area contributed by atoms with E-state index in [0.29, 0.717) is 5.56 Å². The van der Waals surface area contributed by atoms with E-state index < -0.39 is 0 Å². The van der Waals surface area contributed by atoms with Crippen LogP contribution < -0.4 is 5.32 Å². The van der Waals surface area contributed by atoms with Gasteiger partial charge in [-0.3, -0.25) is 0 Å². The SMILES string of the molecule is Cc1ccc(CNc2cc(C#N)ccc2C)c(C)c1. The van der Waals surface area contributed by atoms with Crippen LogP contribution in [-0.2, 0) is 6.54 Å². The van der Waals surface area contributed by atoms with Gasteiger partial charge in [0.05, 0.1) is 11.6 Å². The zero-order chi connectivity index (χ0) is 13.8. The minimum atomic E-state index is 0.689. The first kappa shape index (κ1) is 13.2. The number of benzene rings is 2. The molecule has 0 aliphatic heterocycles. The van der Waals surface area contributed by atoms with Crippen LogP contribution in [0.1, 0.15) is 27.8 Å². The third-order valence-electron chi connectivity index (χ3n) is 3.33. The van der Waals surface area contributed by atoms with Crippen LogP contribution in [0.15, 0.2) is 36.4 Å². The van der Waals surface area contributed by atoms with Crippen LogP contribution >= 0.6 is 0 Å². The smallest absolute Gasteiger partial charge is 0.0992 e. The number of nitrogens with zero attached hydrogens (tertiary/aromatic N) is 1. The first-order chi connectivity index (χ1) is 9.10. The van der Waals surface area contributed by atoms with E-state index in [1.165, 1.54) is 16.7 Å². The fourth-order valence-electron chi connectivity index (χ4n) is 2.12. The molecule has 0 fully saturated rings. The van der Waals surface area contributed by atoms with Crippen LogP contribution in [0.5, 0.6) is 0 Å². The van der Waals surface area contributed by atoms with Gasteiger partial charge >= 0.3 is 0 Å². The van der Waals surface area contributed by atoms with Gasteiger partial charge < -0.3 is 5.32 Å². The largest absolute Gasteiger partial charge is 0.381 e. The van der Waals surface area contributed by atoms with E-state index >= 15 is 0 Å². The topological polar surface area (TPSA) is 35.8 Å². The van der Waals surface area contributed by atoms with Gasteiger partial charge in [-0.15, -0.1) is 0 Å². The minimum Gasteiger partial charge on any atom is -0.381 e. The molecule has 0 amide bonds. The summed E-state index contributed by atoms with van der Waals surface area (Å²) in [5.74, 6) is 0. The standard InChI is InChI=1S/C17H18N2/c1-12-4-7-16(14(3)8-12)11-19-17-9-15(10-18)6-5-13(17)2/h4-9,19H,11H2,1-3H3. The number of anilines is 1. The average Bonchev–Trinajstić information content (AvgIpc) is 2.39. The highest BCUT2D eigenvalue weighted by atomic mass is 14.9. The van der Waals surface area contributed by atoms with Gasteiger partial charge in [-0.1, -0.05) is 29.8 Å². The molecular formula is C17H18N2. The number of nitrogens with one attached hydrogen (secondary N) is 1. The molecule has 0 spiro atoms. The first-order valence-electron chi connectivity index (χ1n) is 6.41. The zero-order valence-electron chi connectivity index (χ0n) is 11.6. The van der Waals surface area contributed by atoms with E-state index in [4.69, 9.17) is 5.26 Å². The maximum Gasteiger partial charge on any atom is 0.0992 e. The summed E-state index contributed by atoms with van der Waals surface area (Å²) in [7, 11) is 0. The van der Waals surface area contributed by atoms with E-state index in [-0.39, 0.29) is 0 Å². The fraction of sp³-hybridized carbons (Fsp3) is 0.235. The molecule has 2 aromatic carbocycles. The lowest BCUT2D eigenvalue weighted by Gasteiger charge is -2.12. The molecule has 0 radical (unpaired) electrons. The maximum absolute atomic E-state index is 8.94. The third kappa shape index (κ3) is 3.14. The van der Waals surface area contributed by atoms with Crippen molar-refractivity contribution in [3.05, 3.63) is 64.2 Å². The van der Waals surface area contributed by atoms with Crippen LogP contribution in [0.3, 0.4) is 0 Å². The summed E-state index contributed by atoms with van der Waals surface area (Å²) < 4.78 is 0. The number of hydrogen-bond acceptors (Lipinski definition) is 2. The molecule has 96 valence electrons. The molecule has 2 aromatic rings. The first-order valence-corrected chi connectivity index (χ1v) is 6.41. The molecule has 0 bridgehead atoms. The molecule has 0 unspecified atom stereocenters. The van der Waals surface area contributed by atoms with Gasteiger partial charge in [-0.2, -0.15) is 5.26 Å². The van der Waals surface area contributed by atoms with Crippen molar-refractivity contribution in [3.63, 3.8) is 0 Å². The highest BCUT2D eigenvalue weighted by Crippen LogP contribution is 2.18. The van der Waals surface area contributed by atoms with Crippen LogP contribution in [0.4, 0.5) is 5.69 Å². The molecule has 0 aliphatic carbocycles. The summed E-state index contributed by atoms with van der Waals surface area (Å²) in [4.78, 5) is 0. The Labute approximate surface area is 114 Å². The quantitative estimate of drug-likeness (QED) is 0.890.